The van der Waals surface area contributed by atoms with Crippen molar-refractivity contribution in [1.82, 2.24) is 14.5 Å². The van der Waals surface area contributed by atoms with Crippen LogP contribution in [0.25, 0.3) is 0 Å². The van der Waals surface area contributed by atoms with E-state index >= 15 is 0 Å². The van der Waals surface area contributed by atoms with Gasteiger partial charge < -0.3 is 5.32 Å². The molecule has 0 atom stereocenters. The lowest BCUT2D eigenvalue weighted by Crippen LogP contribution is -2.34. The standard InChI is InChI=1S/C12H21N3O2/c1-9(2)7-13-11(16)8-14-5-6-15(10(3)4)12(14)17/h5-6,9-10H,7-8H2,1-4H3,(H,13,16). The predicted octanol–water partition coefficient (Wildman–Crippen LogP) is 1.00. The molecule has 17 heavy (non-hydrogen) atoms. The van der Waals surface area contributed by atoms with Gasteiger partial charge in [0.1, 0.15) is 6.54 Å². The van der Waals surface area contributed by atoms with E-state index in [1.807, 2.05) is 27.7 Å². The van der Waals surface area contributed by atoms with Gasteiger partial charge in [0.25, 0.3) is 0 Å². The summed E-state index contributed by atoms with van der Waals surface area (Å²) in [7, 11) is 0. The lowest BCUT2D eigenvalue weighted by atomic mass is 10.2. The predicted molar refractivity (Wildman–Crippen MR) is 66.9 cm³/mol. The second-order valence-electron chi connectivity index (χ2n) is 4.91. The van der Waals surface area contributed by atoms with Gasteiger partial charge in [-0.1, -0.05) is 13.8 Å². The number of nitrogens with one attached hydrogen (secondary N) is 1. The van der Waals surface area contributed by atoms with Gasteiger partial charge in [-0.15, -0.1) is 0 Å². The number of carbonyl (C=O) groups excluding carboxylic acids is 1. The molecular weight excluding hydrogens is 218 g/mol. The molecule has 1 amide bonds. The Morgan fingerprint density at radius 1 is 1.29 bits per heavy atom. The SMILES string of the molecule is CC(C)CNC(=O)Cn1ccn(C(C)C)c1=O. The van der Waals surface area contributed by atoms with Gasteiger partial charge in [0.15, 0.2) is 0 Å². The Morgan fingerprint density at radius 3 is 2.41 bits per heavy atom. The average molecular weight is 239 g/mol. The molecule has 0 bridgehead atoms. The Morgan fingerprint density at radius 2 is 1.94 bits per heavy atom. The first kappa shape index (κ1) is 13.5. The van der Waals surface area contributed by atoms with Crippen LogP contribution in [0, 0.1) is 5.92 Å². The smallest absolute Gasteiger partial charge is 0.328 e. The molecule has 96 valence electrons. The van der Waals surface area contributed by atoms with Crippen molar-refractivity contribution >= 4 is 5.91 Å². The van der Waals surface area contributed by atoms with E-state index in [2.05, 4.69) is 5.32 Å². The zero-order valence-electron chi connectivity index (χ0n) is 10.9. The summed E-state index contributed by atoms with van der Waals surface area (Å²) in [6, 6.07) is 0.113. The van der Waals surface area contributed by atoms with Crippen molar-refractivity contribution in [2.75, 3.05) is 6.54 Å². The van der Waals surface area contributed by atoms with Crippen LogP contribution in [-0.2, 0) is 11.3 Å². The van der Waals surface area contributed by atoms with Gasteiger partial charge in [-0.3, -0.25) is 13.9 Å². The van der Waals surface area contributed by atoms with Crippen LogP contribution in [0.5, 0.6) is 0 Å². The van der Waals surface area contributed by atoms with Crippen LogP contribution in [0.1, 0.15) is 33.7 Å². The normalized spacial score (nSPS) is 11.2. The molecule has 1 heterocycles. The highest BCUT2D eigenvalue weighted by atomic mass is 16.2. The molecule has 0 aromatic carbocycles. The molecule has 0 aliphatic heterocycles. The first-order valence-corrected chi connectivity index (χ1v) is 5.95. The first-order valence-electron chi connectivity index (χ1n) is 5.95. The van der Waals surface area contributed by atoms with Crippen molar-refractivity contribution in [2.24, 2.45) is 5.92 Å². The summed E-state index contributed by atoms with van der Waals surface area (Å²) in [5.41, 5.74) is -0.139. The van der Waals surface area contributed by atoms with Gasteiger partial charge in [-0.05, 0) is 19.8 Å². The van der Waals surface area contributed by atoms with Crippen LogP contribution in [-0.4, -0.2) is 21.6 Å². The van der Waals surface area contributed by atoms with E-state index in [-0.39, 0.29) is 24.2 Å². The van der Waals surface area contributed by atoms with Crippen LogP contribution in [0.15, 0.2) is 17.2 Å². The largest absolute Gasteiger partial charge is 0.354 e. The Bertz CT molecular complexity index is 429. The number of hydrogen-bond acceptors (Lipinski definition) is 2. The van der Waals surface area contributed by atoms with Crippen LogP contribution in [0.4, 0.5) is 0 Å². The van der Waals surface area contributed by atoms with E-state index in [0.717, 1.165) is 0 Å². The minimum atomic E-state index is -0.139. The van der Waals surface area contributed by atoms with Gasteiger partial charge in [0, 0.05) is 25.0 Å². The molecule has 0 aliphatic carbocycles. The minimum absolute atomic E-state index is 0.0886. The zero-order valence-corrected chi connectivity index (χ0v) is 10.9. The summed E-state index contributed by atoms with van der Waals surface area (Å²) >= 11 is 0. The van der Waals surface area contributed by atoms with E-state index in [1.54, 1.807) is 17.0 Å². The summed E-state index contributed by atoms with van der Waals surface area (Å²) in [4.78, 5) is 23.4. The molecule has 1 aromatic rings. The van der Waals surface area contributed by atoms with Gasteiger partial charge in [0.05, 0.1) is 0 Å². The van der Waals surface area contributed by atoms with Crippen molar-refractivity contribution in [3.63, 3.8) is 0 Å². The number of nitrogens with zero attached hydrogens (tertiary/aromatic N) is 2. The van der Waals surface area contributed by atoms with Crippen molar-refractivity contribution in [3.05, 3.63) is 22.9 Å². The van der Waals surface area contributed by atoms with Crippen molar-refractivity contribution in [2.45, 2.75) is 40.3 Å². The van der Waals surface area contributed by atoms with Crippen LogP contribution >= 0.6 is 0 Å². The zero-order chi connectivity index (χ0) is 13.0. The highest BCUT2D eigenvalue weighted by Crippen LogP contribution is 1.98. The summed E-state index contributed by atoms with van der Waals surface area (Å²) in [5.74, 6) is 0.290. The highest BCUT2D eigenvalue weighted by molar-refractivity contribution is 5.75. The summed E-state index contributed by atoms with van der Waals surface area (Å²) < 4.78 is 3.03. The van der Waals surface area contributed by atoms with E-state index in [1.165, 1.54) is 4.57 Å². The molecule has 0 saturated heterocycles. The molecule has 1 rings (SSSR count). The molecule has 0 fully saturated rings. The van der Waals surface area contributed by atoms with E-state index in [0.29, 0.717) is 12.5 Å². The summed E-state index contributed by atoms with van der Waals surface area (Å²) in [6.45, 7) is 8.66. The molecule has 0 aliphatic rings. The molecule has 5 heteroatoms. The van der Waals surface area contributed by atoms with Gasteiger partial charge in [-0.25, -0.2) is 4.79 Å². The maximum atomic E-state index is 11.8. The van der Waals surface area contributed by atoms with Crippen molar-refractivity contribution in [3.8, 4) is 0 Å². The van der Waals surface area contributed by atoms with Crippen LogP contribution < -0.4 is 11.0 Å². The Hall–Kier alpha value is -1.52. The number of rotatable bonds is 5. The van der Waals surface area contributed by atoms with Gasteiger partial charge >= 0.3 is 5.69 Å². The van der Waals surface area contributed by atoms with Gasteiger partial charge in [0.2, 0.25) is 5.91 Å². The molecule has 0 unspecified atom stereocenters. The molecular formula is C12H21N3O2. The lowest BCUT2D eigenvalue weighted by molar-refractivity contribution is -0.121. The highest BCUT2D eigenvalue weighted by Gasteiger charge is 2.09. The number of carbonyl (C=O) groups is 1. The molecule has 1 aromatic heterocycles. The third-order valence-corrected chi connectivity index (χ3v) is 2.45. The number of amides is 1. The van der Waals surface area contributed by atoms with Crippen LogP contribution in [0.2, 0.25) is 0 Å². The van der Waals surface area contributed by atoms with Crippen molar-refractivity contribution in [1.29, 1.82) is 0 Å². The Labute approximate surface area is 101 Å². The molecule has 0 radical (unpaired) electrons. The first-order chi connectivity index (χ1) is 7.91. The second kappa shape index (κ2) is 5.70. The molecule has 5 nitrogen and oxygen atoms in total. The lowest BCUT2D eigenvalue weighted by Gasteiger charge is -2.08. The fourth-order valence-corrected chi connectivity index (χ4v) is 1.47. The second-order valence-corrected chi connectivity index (χ2v) is 4.91. The van der Waals surface area contributed by atoms with E-state index in [4.69, 9.17) is 0 Å². The molecule has 0 saturated carbocycles. The minimum Gasteiger partial charge on any atom is -0.354 e. The summed E-state index contributed by atoms with van der Waals surface area (Å²) in [6.07, 6.45) is 3.36. The van der Waals surface area contributed by atoms with Crippen LogP contribution in [0.3, 0.4) is 0 Å². The van der Waals surface area contributed by atoms with Gasteiger partial charge in [-0.2, -0.15) is 0 Å². The Balaban J connectivity index is 2.63. The van der Waals surface area contributed by atoms with E-state index < -0.39 is 0 Å². The monoisotopic (exact) mass is 239 g/mol. The third kappa shape index (κ3) is 3.76. The molecule has 1 N–H and O–H groups in total. The topological polar surface area (TPSA) is 56.0 Å². The third-order valence-electron chi connectivity index (χ3n) is 2.45. The van der Waals surface area contributed by atoms with Crippen molar-refractivity contribution < 1.29 is 4.79 Å². The summed E-state index contributed by atoms with van der Waals surface area (Å²) in [5, 5.41) is 2.79. The fraction of sp³-hybridized carbons (Fsp3) is 0.667. The number of aromatic nitrogens is 2. The van der Waals surface area contributed by atoms with E-state index in [9.17, 15) is 9.59 Å². The Kier molecular flexibility index (Phi) is 4.54. The number of imidazole rings is 1. The maximum absolute atomic E-state index is 11.8. The average Bonchev–Trinajstić information content (AvgIpc) is 2.58. The molecule has 0 spiro atoms. The quantitative estimate of drug-likeness (QED) is 0.833. The fourth-order valence-electron chi connectivity index (χ4n) is 1.47. The maximum Gasteiger partial charge on any atom is 0.328 e. The number of hydrogen-bond donors (Lipinski definition) is 1.